The van der Waals surface area contributed by atoms with Crippen LogP contribution >= 0.6 is 24.0 Å². The van der Waals surface area contributed by atoms with Crippen molar-refractivity contribution in [1.29, 1.82) is 0 Å². The van der Waals surface area contributed by atoms with Crippen molar-refractivity contribution in [3.8, 4) is 0 Å². The van der Waals surface area contributed by atoms with Crippen molar-refractivity contribution in [3.63, 3.8) is 0 Å². The van der Waals surface area contributed by atoms with Crippen LogP contribution in [-0.4, -0.2) is 54.4 Å². The topological polar surface area (TPSA) is 60.0 Å². The molecule has 1 atom stereocenters. The fourth-order valence-corrected chi connectivity index (χ4v) is 4.10. The van der Waals surface area contributed by atoms with E-state index in [1.54, 1.807) is 0 Å². The Kier molecular flexibility index (Phi) is 12.4. The van der Waals surface area contributed by atoms with Crippen LogP contribution in [0.1, 0.15) is 49.8 Å². The average molecular weight is 578 g/mol. The smallest absolute Gasteiger partial charge is 0.222 e. The van der Waals surface area contributed by atoms with Crippen LogP contribution in [0.3, 0.4) is 0 Å². The van der Waals surface area contributed by atoms with Gasteiger partial charge in [0.1, 0.15) is 0 Å². The highest BCUT2D eigenvalue weighted by molar-refractivity contribution is 14.0. The number of nitrogens with one attached hydrogen (secondary N) is 2. The monoisotopic (exact) mass is 577 g/mol. The minimum atomic E-state index is 0. The van der Waals surface area contributed by atoms with E-state index < -0.39 is 0 Å². The number of halogens is 1. The van der Waals surface area contributed by atoms with E-state index in [2.05, 4.69) is 78.9 Å². The molecule has 0 saturated carbocycles. The van der Waals surface area contributed by atoms with E-state index in [4.69, 9.17) is 4.99 Å². The summed E-state index contributed by atoms with van der Waals surface area (Å²) in [6, 6.07) is 19.4. The molecule has 1 saturated heterocycles. The third kappa shape index (κ3) is 8.91. The molecule has 186 valence electrons. The Morgan fingerprint density at radius 2 is 1.79 bits per heavy atom. The van der Waals surface area contributed by atoms with Gasteiger partial charge in [-0.3, -0.25) is 9.69 Å². The molecule has 2 aromatic carbocycles. The molecule has 2 N–H and O–H groups in total. The highest BCUT2D eigenvalue weighted by Crippen LogP contribution is 2.18. The molecule has 0 bridgehead atoms. The van der Waals surface area contributed by atoms with Gasteiger partial charge in [-0.05, 0) is 50.4 Å². The van der Waals surface area contributed by atoms with Crippen LogP contribution in [0.25, 0.3) is 0 Å². The summed E-state index contributed by atoms with van der Waals surface area (Å²) in [5.74, 6) is 1.09. The zero-order chi connectivity index (χ0) is 23.5. The van der Waals surface area contributed by atoms with Gasteiger partial charge in [0.2, 0.25) is 5.91 Å². The summed E-state index contributed by atoms with van der Waals surface area (Å²) in [4.78, 5) is 21.2. The van der Waals surface area contributed by atoms with Crippen molar-refractivity contribution in [1.82, 2.24) is 20.4 Å². The first-order valence-corrected chi connectivity index (χ1v) is 12.2. The lowest BCUT2D eigenvalue weighted by Gasteiger charge is -2.25. The molecule has 0 radical (unpaired) electrons. The van der Waals surface area contributed by atoms with Crippen LogP contribution in [0, 0.1) is 0 Å². The second-order valence-electron chi connectivity index (χ2n) is 8.85. The predicted octanol–water partition coefficient (Wildman–Crippen LogP) is 4.39. The third-order valence-corrected chi connectivity index (χ3v) is 6.28. The molecule has 7 heteroatoms. The summed E-state index contributed by atoms with van der Waals surface area (Å²) in [5, 5.41) is 6.84. The molecular weight excluding hydrogens is 537 g/mol. The maximum Gasteiger partial charge on any atom is 0.222 e. The van der Waals surface area contributed by atoms with E-state index in [1.165, 1.54) is 16.7 Å². The lowest BCUT2D eigenvalue weighted by atomic mass is 10.1. The lowest BCUT2D eigenvalue weighted by Crippen LogP contribution is -2.40. The van der Waals surface area contributed by atoms with Crippen molar-refractivity contribution >= 4 is 35.8 Å². The second-order valence-corrected chi connectivity index (χ2v) is 8.85. The van der Waals surface area contributed by atoms with Gasteiger partial charge in [-0.15, -0.1) is 24.0 Å². The van der Waals surface area contributed by atoms with Gasteiger partial charge in [0.25, 0.3) is 0 Å². The van der Waals surface area contributed by atoms with Crippen molar-refractivity contribution in [2.75, 3.05) is 26.7 Å². The number of likely N-dealkylation sites (tertiary alicyclic amines) is 1. The van der Waals surface area contributed by atoms with Crippen molar-refractivity contribution in [2.45, 2.75) is 58.8 Å². The summed E-state index contributed by atoms with van der Waals surface area (Å²) < 4.78 is 0. The Hall–Kier alpha value is -2.13. The highest BCUT2D eigenvalue weighted by Gasteiger charge is 2.20. The number of carbonyl (C=O) groups is 1. The van der Waals surface area contributed by atoms with Gasteiger partial charge in [0.15, 0.2) is 5.96 Å². The van der Waals surface area contributed by atoms with Gasteiger partial charge in [-0.1, -0.05) is 54.6 Å². The van der Waals surface area contributed by atoms with Gasteiger partial charge in [0.05, 0.1) is 6.54 Å². The first-order valence-electron chi connectivity index (χ1n) is 12.2. The van der Waals surface area contributed by atoms with E-state index >= 15 is 0 Å². The fourth-order valence-electron chi connectivity index (χ4n) is 4.10. The fraction of sp³-hybridized carbons (Fsp3) is 0.481. The predicted molar refractivity (Wildman–Crippen MR) is 151 cm³/mol. The standard InChI is InChI=1S/C27H39N5O.HI/c1-4-28-27(29-17-16-22(2)31(3)20-23-11-6-5-7-12-23)30-19-24-13-8-9-14-25(24)21-32-18-10-15-26(32)33;/h5-9,11-14,22H,4,10,15-21H2,1-3H3,(H2,28,29,30);1H. The summed E-state index contributed by atoms with van der Waals surface area (Å²) in [5.41, 5.74) is 3.69. The van der Waals surface area contributed by atoms with E-state index in [1.807, 2.05) is 17.0 Å². The van der Waals surface area contributed by atoms with Crippen LogP contribution in [0.2, 0.25) is 0 Å². The molecule has 3 rings (SSSR count). The molecule has 1 aliphatic heterocycles. The number of nitrogens with zero attached hydrogens (tertiary/aromatic N) is 3. The number of benzene rings is 2. The molecule has 0 aliphatic carbocycles. The van der Waals surface area contributed by atoms with Gasteiger partial charge < -0.3 is 15.5 Å². The average Bonchev–Trinajstić information content (AvgIpc) is 3.23. The maximum absolute atomic E-state index is 12.0. The van der Waals surface area contributed by atoms with Crippen LogP contribution < -0.4 is 10.6 Å². The van der Waals surface area contributed by atoms with Gasteiger partial charge >= 0.3 is 0 Å². The van der Waals surface area contributed by atoms with Crippen molar-refractivity contribution < 1.29 is 4.79 Å². The molecule has 1 heterocycles. The van der Waals surface area contributed by atoms with Gasteiger partial charge in [0, 0.05) is 45.2 Å². The molecule has 34 heavy (non-hydrogen) atoms. The Balaban J connectivity index is 0.00000408. The molecule has 6 nitrogen and oxygen atoms in total. The lowest BCUT2D eigenvalue weighted by molar-refractivity contribution is -0.128. The zero-order valence-corrected chi connectivity index (χ0v) is 23.1. The van der Waals surface area contributed by atoms with Gasteiger partial charge in [-0.2, -0.15) is 0 Å². The van der Waals surface area contributed by atoms with Crippen LogP contribution in [-0.2, 0) is 24.4 Å². The quantitative estimate of drug-likeness (QED) is 0.236. The van der Waals surface area contributed by atoms with Crippen molar-refractivity contribution in [3.05, 3.63) is 71.3 Å². The van der Waals surface area contributed by atoms with Crippen molar-refractivity contribution in [2.24, 2.45) is 4.99 Å². The normalized spacial score (nSPS) is 14.8. The number of carbonyl (C=O) groups excluding carboxylic acids is 1. The molecule has 0 aromatic heterocycles. The zero-order valence-electron chi connectivity index (χ0n) is 20.8. The molecule has 1 aliphatic rings. The van der Waals surface area contributed by atoms with Crippen LogP contribution in [0.4, 0.5) is 0 Å². The minimum Gasteiger partial charge on any atom is -0.357 e. The number of hydrogen-bond acceptors (Lipinski definition) is 3. The number of aliphatic imine (C=N–C) groups is 1. The number of hydrogen-bond donors (Lipinski definition) is 2. The molecular formula is C27H40IN5O. The Morgan fingerprint density at radius 3 is 2.47 bits per heavy atom. The molecule has 1 fully saturated rings. The Bertz CT molecular complexity index is 905. The van der Waals surface area contributed by atoms with E-state index in [9.17, 15) is 4.79 Å². The number of amides is 1. The minimum absolute atomic E-state index is 0. The SMILES string of the molecule is CCNC(=NCc1ccccc1CN1CCCC1=O)NCCC(C)N(C)Cc1ccccc1.I. The summed E-state index contributed by atoms with van der Waals surface area (Å²) in [6.07, 6.45) is 2.67. The Morgan fingerprint density at radius 1 is 1.09 bits per heavy atom. The van der Waals surface area contributed by atoms with E-state index in [0.717, 1.165) is 45.0 Å². The van der Waals surface area contributed by atoms with E-state index in [0.29, 0.717) is 25.6 Å². The van der Waals surface area contributed by atoms with E-state index in [-0.39, 0.29) is 29.9 Å². The largest absolute Gasteiger partial charge is 0.357 e. The maximum atomic E-state index is 12.0. The number of rotatable bonds is 11. The number of guanidine groups is 1. The molecule has 2 aromatic rings. The summed E-state index contributed by atoms with van der Waals surface area (Å²) in [7, 11) is 2.18. The first kappa shape index (κ1) is 28.1. The first-order chi connectivity index (χ1) is 16.1. The molecule has 0 spiro atoms. The van der Waals surface area contributed by atoms with Crippen LogP contribution in [0.5, 0.6) is 0 Å². The second kappa shape index (κ2) is 15.0. The van der Waals surface area contributed by atoms with Gasteiger partial charge in [-0.25, -0.2) is 4.99 Å². The molecule has 1 amide bonds. The summed E-state index contributed by atoms with van der Waals surface area (Å²) >= 11 is 0. The molecule has 1 unspecified atom stereocenters. The summed E-state index contributed by atoms with van der Waals surface area (Å²) in [6.45, 7) is 9.11. The van der Waals surface area contributed by atoms with Crippen LogP contribution in [0.15, 0.2) is 59.6 Å². The highest BCUT2D eigenvalue weighted by atomic mass is 127. The third-order valence-electron chi connectivity index (χ3n) is 6.28. The Labute approximate surface area is 222 Å².